The number of carbonyl (C=O) groups excluding carboxylic acids is 1. The highest BCUT2D eigenvalue weighted by Gasteiger charge is 2.14. The summed E-state index contributed by atoms with van der Waals surface area (Å²) in [5, 5.41) is 6.51. The highest BCUT2D eigenvalue weighted by Crippen LogP contribution is 2.22. The van der Waals surface area contributed by atoms with E-state index in [0.717, 1.165) is 16.9 Å². The third-order valence-corrected chi connectivity index (χ3v) is 4.83. The average Bonchev–Trinajstić information content (AvgIpc) is 2.60. The van der Waals surface area contributed by atoms with Gasteiger partial charge in [-0.25, -0.2) is 0 Å². The van der Waals surface area contributed by atoms with E-state index in [1.54, 1.807) is 12.4 Å². The predicted octanol–water partition coefficient (Wildman–Crippen LogP) is 4.70. The van der Waals surface area contributed by atoms with Crippen LogP contribution in [-0.2, 0) is 0 Å². The molecule has 4 heteroatoms. The normalized spacial score (nSPS) is 15.1. The predicted molar refractivity (Wildman–Crippen MR) is 98.6 cm³/mol. The van der Waals surface area contributed by atoms with Crippen molar-refractivity contribution in [3.8, 4) is 0 Å². The molecule has 1 aromatic heterocycles. The van der Waals surface area contributed by atoms with E-state index < -0.39 is 0 Å². The fraction of sp³-hybridized carbons (Fsp3) is 0.400. The van der Waals surface area contributed by atoms with Crippen molar-refractivity contribution in [1.82, 2.24) is 4.98 Å². The number of hydrogen-bond donors (Lipinski definition) is 2. The smallest absolute Gasteiger partial charge is 0.257 e. The summed E-state index contributed by atoms with van der Waals surface area (Å²) in [6.07, 6.45) is 9.68. The molecular formula is C20H25N3O. The summed E-state index contributed by atoms with van der Waals surface area (Å²) in [6, 6.07) is 8.32. The Balaban J connectivity index is 1.70. The maximum atomic E-state index is 12.5. The van der Waals surface area contributed by atoms with Crippen LogP contribution in [0.5, 0.6) is 0 Å². The van der Waals surface area contributed by atoms with Gasteiger partial charge in [0.15, 0.2) is 0 Å². The lowest BCUT2D eigenvalue weighted by molar-refractivity contribution is 0.102. The maximum Gasteiger partial charge on any atom is 0.257 e. The molecule has 1 amide bonds. The number of pyridine rings is 1. The van der Waals surface area contributed by atoms with Crippen molar-refractivity contribution in [2.45, 2.75) is 52.0 Å². The number of nitrogens with zero attached hydrogens (tertiary/aromatic N) is 1. The molecule has 1 aromatic carbocycles. The number of hydrogen-bond acceptors (Lipinski definition) is 3. The Labute approximate surface area is 143 Å². The van der Waals surface area contributed by atoms with Crippen LogP contribution >= 0.6 is 0 Å². The van der Waals surface area contributed by atoms with Crippen molar-refractivity contribution in [2.75, 3.05) is 10.6 Å². The van der Waals surface area contributed by atoms with E-state index in [1.165, 1.54) is 37.7 Å². The van der Waals surface area contributed by atoms with Crippen LogP contribution in [0.2, 0.25) is 0 Å². The molecule has 0 aliphatic heterocycles. The Hall–Kier alpha value is -2.36. The number of carbonyl (C=O) groups is 1. The quantitative estimate of drug-likeness (QED) is 0.858. The highest BCUT2D eigenvalue weighted by atomic mass is 16.1. The summed E-state index contributed by atoms with van der Waals surface area (Å²) in [4.78, 5) is 16.8. The monoisotopic (exact) mass is 323 g/mol. The molecule has 0 radical (unpaired) electrons. The van der Waals surface area contributed by atoms with Gasteiger partial charge in [-0.2, -0.15) is 0 Å². The van der Waals surface area contributed by atoms with Gasteiger partial charge in [-0.05, 0) is 49.9 Å². The van der Waals surface area contributed by atoms with Gasteiger partial charge in [-0.15, -0.1) is 0 Å². The number of nitrogens with one attached hydrogen (secondary N) is 2. The van der Waals surface area contributed by atoms with Crippen molar-refractivity contribution < 1.29 is 4.79 Å². The van der Waals surface area contributed by atoms with Crippen LogP contribution in [0, 0.1) is 13.8 Å². The molecular weight excluding hydrogens is 298 g/mol. The van der Waals surface area contributed by atoms with Crippen LogP contribution in [0.25, 0.3) is 0 Å². The van der Waals surface area contributed by atoms with Crippen molar-refractivity contribution in [1.29, 1.82) is 0 Å². The molecule has 1 aliphatic rings. The first-order valence-electron chi connectivity index (χ1n) is 8.72. The molecule has 24 heavy (non-hydrogen) atoms. The van der Waals surface area contributed by atoms with E-state index in [4.69, 9.17) is 0 Å². The number of rotatable bonds is 4. The third-order valence-electron chi connectivity index (χ3n) is 4.83. The Kier molecular flexibility index (Phi) is 5.14. The first kappa shape index (κ1) is 16.5. The summed E-state index contributed by atoms with van der Waals surface area (Å²) in [5.41, 5.74) is 4.62. The lowest BCUT2D eigenvalue weighted by atomic mass is 9.95. The lowest BCUT2D eigenvalue weighted by Gasteiger charge is -2.23. The molecule has 1 aliphatic carbocycles. The highest BCUT2D eigenvalue weighted by molar-refractivity contribution is 6.05. The molecule has 1 fully saturated rings. The minimum atomic E-state index is -0.122. The number of aromatic nitrogens is 1. The second kappa shape index (κ2) is 7.47. The van der Waals surface area contributed by atoms with E-state index in [0.29, 0.717) is 11.6 Å². The molecule has 0 bridgehead atoms. The minimum absolute atomic E-state index is 0.122. The van der Waals surface area contributed by atoms with Gasteiger partial charge in [0, 0.05) is 24.1 Å². The van der Waals surface area contributed by atoms with Crippen LogP contribution < -0.4 is 10.6 Å². The SMILES string of the molecule is Cc1cccc(NC(=O)c2cncc(NC3CCCCC3)c2)c1C. The van der Waals surface area contributed by atoms with Crippen molar-refractivity contribution >= 4 is 17.3 Å². The van der Waals surface area contributed by atoms with Gasteiger partial charge in [0.25, 0.3) is 5.91 Å². The third kappa shape index (κ3) is 3.94. The van der Waals surface area contributed by atoms with Crippen molar-refractivity contribution in [2.24, 2.45) is 0 Å². The molecule has 2 N–H and O–H groups in total. The molecule has 0 unspecified atom stereocenters. The van der Waals surface area contributed by atoms with Crippen molar-refractivity contribution in [3.05, 3.63) is 53.3 Å². The molecule has 0 saturated heterocycles. The molecule has 0 spiro atoms. The van der Waals surface area contributed by atoms with Gasteiger partial charge in [0.1, 0.15) is 0 Å². The van der Waals surface area contributed by atoms with Crippen LogP contribution in [0.3, 0.4) is 0 Å². The fourth-order valence-electron chi connectivity index (χ4n) is 3.21. The first-order valence-corrected chi connectivity index (χ1v) is 8.72. The molecule has 2 aromatic rings. The van der Waals surface area contributed by atoms with Gasteiger partial charge in [0.2, 0.25) is 0 Å². The van der Waals surface area contributed by atoms with Crippen molar-refractivity contribution in [3.63, 3.8) is 0 Å². The molecule has 1 saturated carbocycles. The molecule has 1 heterocycles. The van der Waals surface area contributed by atoms with Crippen LogP contribution in [0.15, 0.2) is 36.7 Å². The summed E-state index contributed by atoms with van der Waals surface area (Å²) in [6.45, 7) is 4.06. The summed E-state index contributed by atoms with van der Waals surface area (Å²) in [7, 11) is 0. The molecule has 4 nitrogen and oxygen atoms in total. The topological polar surface area (TPSA) is 54.0 Å². The molecule has 0 atom stereocenters. The van der Waals surface area contributed by atoms with E-state index in [9.17, 15) is 4.79 Å². The zero-order valence-corrected chi connectivity index (χ0v) is 14.4. The number of amides is 1. The Morgan fingerprint density at radius 1 is 1.12 bits per heavy atom. The summed E-state index contributed by atoms with van der Waals surface area (Å²) < 4.78 is 0. The lowest BCUT2D eigenvalue weighted by Crippen LogP contribution is -2.22. The second-order valence-electron chi connectivity index (χ2n) is 6.64. The Morgan fingerprint density at radius 3 is 2.71 bits per heavy atom. The van der Waals surface area contributed by atoms with Crippen LogP contribution in [-0.4, -0.2) is 16.9 Å². The van der Waals surface area contributed by atoms with E-state index in [2.05, 4.69) is 15.6 Å². The number of aryl methyl sites for hydroxylation is 1. The maximum absolute atomic E-state index is 12.5. The summed E-state index contributed by atoms with van der Waals surface area (Å²) in [5.74, 6) is -0.122. The Morgan fingerprint density at radius 2 is 1.92 bits per heavy atom. The fourth-order valence-corrected chi connectivity index (χ4v) is 3.21. The zero-order chi connectivity index (χ0) is 16.9. The molecule has 3 rings (SSSR count). The van der Waals surface area contributed by atoms with E-state index in [-0.39, 0.29) is 5.91 Å². The minimum Gasteiger partial charge on any atom is -0.381 e. The average molecular weight is 323 g/mol. The largest absolute Gasteiger partial charge is 0.381 e. The molecule has 126 valence electrons. The Bertz CT molecular complexity index is 721. The van der Waals surface area contributed by atoms with E-state index >= 15 is 0 Å². The van der Waals surface area contributed by atoms with Gasteiger partial charge < -0.3 is 10.6 Å². The van der Waals surface area contributed by atoms with Gasteiger partial charge >= 0.3 is 0 Å². The number of anilines is 2. The second-order valence-corrected chi connectivity index (χ2v) is 6.64. The first-order chi connectivity index (χ1) is 11.6. The van der Waals surface area contributed by atoms with Crippen LogP contribution in [0.1, 0.15) is 53.6 Å². The summed E-state index contributed by atoms with van der Waals surface area (Å²) >= 11 is 0. The van der Waals surface area contributed by atoms with E-state index in [1.807, 2.05) is 38.1 Å². The number of benzene rings is 1. The standard InChI is InChI=1S/C20H25N3O/c1-14-7-6-10-19(15(14)2)23-20(24)16-11-18(13-21-12-16)22-17-8-4-3-5-9-17/h6-7,10-13,17,22H,3-5,8-9H2,1-2H3,(H,23,24). The zero-order valence-electron chi connectivity index (χ0n) is 14.4. The van der Waals surface area contributed by atoms with Gasteiger partial charge in [-0.1, -0.05) is 31.4 Å². The van der Waals surface area contributed by atoms with Gasteiger partial charge in [0.05, 0.1) is 11.3 Å². The van der Waals surface area contributed by atoms with Crippen LogP contribution in [0.4, 0.5) is 11.4 Å². The van der Waals surface area contributed by atoms with Gasteiger partial charge in [-0.3, -0.25) is 9.78 Å².